The summed E-state index contributed by atoms with van der Waals surface area (Å²) in [6, 6.07) is 18.1. The van der Waals surface area contributed by atoms with Crippen molar-refractivity contribution in [3.05, 3.63) is 59.3 Å². The van der Waals surface area contributed by atoms with Crippen molar-refractivity contribution in [1.82, 2.24) is 10.3 Å². The van der Waals surface area contributed by atoms with Crippen molar-refractivity contribution in [1.29, 1.82) is 0 Å². The van der Waals surface area contributed by atoms with E-state index < -0.39 is 6.10 Å². The fourth-order valence-corrected chi connectivity index (χ4v) is 4.33. The Bertz CT molecular complexity index is 884. The van der Waals surface area contributed by atoms with E-state index in [1.54, 1.807) is 7.11 Å². The zero-order valence-corrected chi connectivity index (χ0v) is 17.7. The van der Waals surface area contributed by atoms with Crippen LogP contribution in [0.5, 0.6) is 0 Å². The van der Waals surface area contributed by atoms with Gasteiger partial charge in [-0.15, -0.1) is 0 Å². The summed E-state index contributed by atoms with van der Waals surface area (Å²) in [5.74, 6) is 4.18. The first kappa shape index (κ1) is 20.7. The number of aliphatic hydroxyl groups is 1. The molecule has 158 valence electrons. The van der Waals surface area contributed by atoms with Crippen LogP contribution in [-0.2, 0) is 11.2 Å². The van der Waals surface area contributed by atoms with Crippen LogP contribution in [0.25, 0.3) is 0 Å². The summed E-state index contributed by atoms with van der Waals surface area (Å²) in [5, 5.41) is 13.6. The predicted octanol–water partition coefficient (Wildman–Crippen LogP) is 3.10. The second-order valence-electron chi connectivity index (χ2n) is 8.30. The Morgan fingerprint density at radius 2 is 1.90 bits per heavy atom. The number of nitrogens with one attached hydrogen (secondary N) is 1. The van der Waals surface area contributed by atoms with E-state index in [-0.39, 0.29) is 6.10 Å². The van der Waals surface area contributed by atoms with Crippen LogP contribution in [-0.4, -0.2) is 48.5 Å². The lowest BCUT2D eigenvalue weighted by atomic mass is 9.96. The average molecular weight is 406 g/mol. The van der Waals surface area contributed by atoms with Crippen LogP contribution in [0, 0.1) is 12.0 Å². The van der Waals surface area contributed by atoms with Crippen LogP contribution in [0.2, 0.25) is 0 Å². The highest BCUT2D eigenvalue weighted by molar-refractivity contribution is 5.49. The molecular weight excluding hydrogens is 374 g/mol. The first-order valence-corrected chi connectivity index (χ1v) is 11.0. The van der Waals surface area contributed by atoms with Gasteiger partial charge in [-0.3, -0.25) is 0 Å². The third-order valence-corrected chi connectivity index (χ3v) is 6.12. The molecule has 2 atom stereocenters. The van der Waals surface area contributed by atoms with Crippen LogP contribution >= 0.6 is 0 Å². The minimum atomic E-state index is -0.492. The maximum absolute atomic E-state index is 10.2. The summed E-state index contributed by atoms with van der Waals surface area (Å²) < 4.78 is 5.39. The van der Waals surface area contributed by atoms with E-state index in [1.165, 1.54) is 37.7 Å². The minimum absolute atomic E-state index is 0.177. The van der Waals surface area contributed by atoms with Crippen molar-refractivity contribution in [3.63, 3.8) is 0 Å². The molecule has 30 heavy (non-hydrogen) atoms. The molecule has 1 saturated carbocycles. The lowest BCUT2D eigenvalue weighted by Crippen LogP contribution is -2.26. The Morgan fingerprint density at radius 1 is 1.10 bits per heavy atom. The molecule has 1 aromatic heterocycles. The first-order valence-electron chi connectivity index (χ1n) is 11.0. The predicted molar refractivity (Wildman–Crippen MR) is 119 cm³/mol. The maximum atomic E-state index is 10.2. The van der Waals surface area contributed by atoms with Crippen molar-refractivity contribution >= 4 is 5.82 Å². The lowest BCUT2D eigenvalue weighted by molar-refractivity contribution is 0.0217. The Labute approximate surface area is 179 Å². The van der Waals surface area contributed by atoms with Crippen LogP contribution in [0.3, 0.4) is 0 Å². The molecule has 5 nitrogen and oxygen atoms in total. The molecule has 1 aliphatic heterocycles. The molecule has 2 aliphatic rings. The number of hydrogen-bond donors (Lipinski definition) is 2. The summed E-state index contributed by atoms with van der Waals surface area (Å²) in [5.41, 5.74) is 3.13. The van der Waals surface area contributed by atoms with Gasteiger partial charge >= 0.3 is 0 Å². The van der Waals surface area contributed by atoms with Crippen molar-refractivity contribution in [2.24, 2.45) is 0 Å². The number of aromatic nitrogens is 1. The van der Waals surface area contributed by atoms with Crippen molar-refractivity contribution < 1.29 is 9.84 Å². The number of pyridine rings is 1. The van der Waals surface area contributed by atoms with E-state index in [1.807, 2.05) is 12.1 Å². The van der Waals surface area contributed by atoms with Gasteiger partial charge in [0.05, 0.1) is 11.8 Å². The molecule has 1 aliphatic carbocycles. The molecule has 0 radical (unpaired) electrons. The molecule has 2 aromatic rings. The minimum Gasteiger partial charge on any atom is -0.388 e. The number of hydrogen-bond acceptors (Lipinski definition) is 5. The molecule has 1 saturated heterocycles. The van der Waals surface area contributed by atoms with Gasteiger partial charge in [0.15, 0.2) is 0 Å². The SMILES string of the molecule is CO[C@H]1CN(c2ccc(C#CNC3CCCCC3)c(Cc3ccccc3)n2)C[C@H]1O. The largest absolute Gasteiger partial charge is 0.388 e. The molecule has 0 amide bonds. The Hall–Kier alpha value is -2.55. The van der Waals surface area contributed by atoms with Gasteiger partial charge in [-0.05, 0) is 36.5 Å². The second-order valence-corrected chi connectivity index (χ2v) is 8.30. The smallest absolute Gasteiger partial charge is 0.129 e. The van der Waals surface area contributed by atoms with Gasteiger partial charge in [-0.2, -0.15) is 0 Å². The monoisotopic (exact) mass is 405 g/mol. The quantitative estimate of drug-likeness (QED) is 0.591. The van der Waals surface area contributed by atoms with E-state index in [0.717, 1.165) is 23.5 Å². The summed E-state index contributed by atoms with van der Waals surface area (Å²) in [6.45, 7) is 1.17. The topological polar surface area (TPSA) is 57.6 Å². The maximum Gasteiger partial charge on any atom is 0.129 e. The molecule has 2 fully saturated rings. The molecule has 0 unspecified atom stereocenters. The van der Waals surface area contributed by atoms with E-state index >= 15 is 0 Å². The summed E-state index contributed by atoms with van der Waals surface area (Å²) in [7, 11) is 1.64. The number of ether oxygens (including phenoxy) is 1. The van der Waals surface area contributed by atoms with Crippen LogP contribution in [0.15, 0.2) is 42.5 Å². The number of aliphatic hydroxyl groups excluding tert-OH is 1. The normalized spacial score (nSPS) is 21.9. The van der Waals surface area contributed by atoms with Gasteiger partial charge in [-0.1, -0.05) is 49.6 Å². The highest BCUT2D eigenvalue weighted by Crippen LogP contribution is 2.23. The van der Waals surface area contributed by atoms with Gasteiger partial charge in [0.2, 0.25) is 0 Å². The molecular formula is C25H31N3O2. The van der Waals surface area contributed by atoms with Gasteiger partial charge in [0, 0.05) is 44.3 Å². The molecule has 1 aromatic carbocycles. The number of anilines is 1. The van der Waals surface area contributed by atoms with E-state index in [0.29, 0.717) is 19.1 Å². The van der Waals surface area contributed by atoms with Crippen LogP contribution < -0.4 is 10.2 Å². The van der Waals surface area contributed by atoms with E-state index in [9.17, 15) is 5.11 Å². The average Bonchev–Trinajstić information content (AvgIpc) is 3.17. The van der Waals surface area contributed by atoms with E-state index in [2.05, 4.69) is 52.5 Å². The highest BCUT2D eigenvalue weighted by atomic mass is 16.5. The molecule has 5 heteroatoms. The van der Waals surface area contributed by atoms with Crippen molar-refractivity contribution in [2.45, 2.75) is 56.8 Å². The standard InChI is InChI=1S/C25H31N3O2/c1-30-24-18-28(17-23(24)29)25-13-12-20(14-15-26-21-10-6-3-7-11-21)22(27-25)16-19-8-4-2-5-9-19/h2,4-5,8-9,12-13,21,23-24,26,29H,3,6-7,10-11,16-18H2,1H3/t23-,24+/m1/s1. The number of rotatable bonds is 5. The van der Waals surface area contributed by atoms with Crippen molar-refractivity contribution in [2.75, 3.05) is 25.1 Å². The van der Waals surface area contributed by atoms with Gasteiger partial charge in [0.1, 0.15) is 11.9 Å². The summed E-state index contributed by atoms with van der Waals surface area (Å²) in [6.07, 6.45) is 6.40. The first-order chi connectivity index (χ1) is 14.7. The van der Waals surface area contributed by atoms with E-state index in [4.69, 9.17) is 9.72 Å². The number of nitrogens with zero attached hydrogens (tertiary/aromatic N) is 2. The van der Waals surface area contributed by atoms with Crippen molar-refractivity contribution in [3.8, 4) is 12.0 Å². The Balaban J connectivity index is 1.55. The number of benzene rings is 1. The lowest BCUT2D eigenvalue weighted by Gasteiger charge is -2.20. The molecule has 0 spiro atoms. The third kappa shape index (κ3) is 5.13. The third-order valence-electron chi connectivity index (χ3n) is 6.12. The number of methoxy groups -OCH3 is 1. The van der Waals surface area contributed by atoms with Crippen LogP contribution in [0.4, 0.5) is 5.82 Å². The number of β-amino-alcohol motifs (C(OH)–C–C–N with tert-alkyl or cyclic N) is 1. The van der Waals surface area contributed by atoms with Crippen LogP contribution in [0.1, 0.15) is 48.9 Å². The zero-order valence-electron chi connectivity index (χ0n) is 17.7. The van der Waals surface area contributed by atoms with Gasteiger partial charge in [-0.25, -0.2) is 4.98 Å². The Kier molecular flexibility index (Phi) is 6.88. The molecule has 0 bridgehead atoms. The summed E-state index contributed by atoms with van der Waals surface area (Å²) >= 11 is 0. The molecule has 2 N–H and O–H groups in total. The fourth-order valence-electron chi connectivity index (χ4n) is 4.33. The molecule has 2 heterocycles. The Morgan fingerprint density at radius 3 is 2.63 bits per heavy atom. The fraction of sp³-hybridized carbons (Fsp3) is 0.480. The van der Waals surface area contributed by atoms with Gasteiger partial charge in [0.25, 0.3) is 0 Å². The zero-order chi connectivity index (χ0) is 20.8. The summed E-state index contributed by atoms with van der Waals surface area (Å²) in [4.78, 5) is 7.04. The molecule has 4 rings (SSSR count). The van der Waals surface area contributed by atoms with Gasteiger partial charge < -0.3 is 20.1 Å². The second kappa shape index (κ2) is 9.97. The highest BCUT2D eigenvalue weighted by Gasteiger charge is 2.32.